The molecule has 1 aromatic rings. The highest BCUT2D eigenvalue weighted by atomic mass is 19.1. The van der Waals surface area contributed by atoms with Crippen LogP contribution >= 0.6 is 0 Å². The van der Waals surface area contributed by atoms with Crippen molar-refractivity contribution in [2.24, 2.45) is 10.7 Å². The number of halogens is 2. The molecule has 3 N–H and O–H groups in total. The molecule has 0 amide bonds. The van der Waals surface area contributed by atoms with Crippen LogP contribution in [0.5, 0.6) is 0 Å². The minimum atomic E-state index is -0.585. The van der Waals surface area contributed by atoms with Gasteiger partial charge in [0.15, 0.2) is 5.96 Å². The summed E-state index contributed by atoms with van der Waals surface area (Å²) in [5, 5.41) is 2.80. The maximum atomic E-state index is 13.3. The molecule has 1 aliphatic rings. The zero-order chi connectivity index (χ0) is 10.1. The molecular weight excluding hydrogens is 188 g/mol. The van der Waals surface area contributed by atoms with Gasteiger partial charge < -0.3 is 11.1 Å². The van der Waals surface area contributed by atoms with Crippen LogP contribution < -0.4 is 11.1 Å². The van der Waals surface area contributed by atoms with Crippen LogP contribution in [0, 0.1) is 11.6 Å². The van der Waals surface area contributed by atoms with Gasteiger partial charge >= 0.3 is 0 Å². The van der Waals surface area contributed by atoms with Gasteiger partial charge in [0.05, 0.1) is 12.6 Å². The number of aliphatic imine (C=N–C) groups is 1. The fourth-order valence-corrected chi connectivity index (χ4v) is 1.42. The van der Waals surface area contributed by atoms with E-state index in [2.05, 4.69) is 10.3 Å². The van der Waals surface area contributed by atoms with E-state index in [1.807, 2.05) is 0 Å². The van der Waals surface area contributed by atoms with E-state index in [1.165, 1.54) is 12.1 Å². The molecule has 0 saturated heterocycles. The normalized spacial score (nSPS) is 20.4. The number of nitrogens with one attached hydrogen (secondary N) is 1. The van der Waals surface area contributed by atoms with E-state index in [0.29, 0.717) is 18.1 Å². The summed E-state index contributed by atoms with van der Waals surface area (Å²) in [7, 11) is 0. The average molecular weight is 197 g/mol. The Morgan fingerprint density at radius 3 is 2.79 bits per heavy atom. The molecule has 5 heteroatoms. The molecule has 0 aliphatic carbocycles. The van der Waals surface area contributed by atoms with Gasteiger partial charge in [-0.2, -0.15) is 0 Å². The number of guanidine groups is 1. The SMILES string of the molecule is NC1=NCC(c2ccc(F)cc2F)N1. The predicted molar refractivity (Wildman–Crippen MR) is 48.7 cm³/mol. The zero-order valence-corrected chi connectivity index (χ0v) is 7.30. The number of benzene rings is 1. The second-order valence-corrected chi connectivity index (χ2v) is 3.09. The Hall–Kier alpha value is -1.65. The van der Waals surface area contributed by atoms with Crippen LogP contribution in [-0.4, -0.2) is 12.5 Å². The maximum Gasteiger partial charge on any atom is 0.189 e. The van der Waals surface area contributed by atoms with Crippen molar-refractivity contribution in [3.63, 3.8) is 0 Å². The summed E-state index contributed by atoms with van der Waals surface area (Å²) in [4.78, 5) is 3.88. The van der Waals surface area contributed by atoms with Crippen LogP contribution in [0.15, 0.2) is 23.2 Å². The summed E-state index contributed by atoms with van der Waals surface area (Å²) in [6.45, 7) is 0.383. The molecule has 2 rings (SSSR count). The predicted octanol–water partition coefficient (Wildman–Crippen LogP) is 0.924. The molecule has 0 aromatic heterocycles. The van der Waals surface area contributed by atoms with E-state index in [1.54, 1.807) is 0 Å². The van der Waals surface area contributed by atoms with E-state index in [0.717, 1.165) is 6.07 Å². The molecular formula is C9H9F2N3. The van der Waals surface area contributed by atoms with Gasteiger partial charge in [-0.25, -0.2) is 8.78 Å². The quantitative estimate of drug-likeness (QED) is 0.703. The van der Waals surface area contributed by atoms with Crippen molar-refractivity contribution in [1.29, 1.82) is 0 Å². The topological polar surface area (TPSA) is 50.4 Å². The summed E-state index contributed by atoms with van der Waals surface area (Å²) in [5.74, 6) is -0.871. The first-order valence-corrected chi connectivity index (χ1v) is 4.18. The van der Waals surface area contributed by atoms with Crippen LogP contribution in [0.4, 0.5) is 8.78 Å². The number of nitrogens with two attached hydrogens (primary N) is 1. The van der Waals surface area contributed by atoms with Gasteiger partial charge in [-0.3, -0.25) is 4.99 Å². The largest absolute Gasteiger partial charge is 0.370 e. The maximum absolute atomic E-state index is 13.3. The Balaban J connectivity index is 2.25. The van der Waals surface area contributed by atoms with Crippen LogP contribution in [0.3, 0.4) is 0 Å². The summed E-state index contributed by atoms with van der Waals surface area (Å²) in [5.41, 5.74) is 5.77. The average Bonchev–Trinajstić information content (AvgIpc) is 2.51. The molecule has 1 aromatic carbocycles. The van der Waals surface area contributed by atoms with Gasteiger partial charge in [-0.05, 0) is 6.07 Å². The van der Waals surface area contributed by atoms with Gasteiger partial charge in [0.2, 0.25) is 0 Å². The van der Waals surface area contributed by atoms with E-state index < -0.39 is 11.6 Å². The Bertz CT molecular complexity index is 390. The Morgan fingerprint density at radius 2 is 2.21 bits per heavy atom. The molecule has 74 valence electrons. The lowest BCUT2D eigenvalue weighted by Crippen LogP contribution is -2.30. The van der Waals surface area contributed by atoms with Crippen molar-refractivity contribution in [2.45, 2.75) is 6.04 Å². The van der Waals surface area contributed by atoms with Crippen LogP contribution in [0.1, 0.15) is 11.6 Å². The zero-order valence-electron chi connectivity index (χ0n) is 7.30. The monoisotopic (exact) mass is 197 g/mol. The number of hydrogen-bond acceptors (Lipinski definition) is 3. The molecule has 0 bridgehead atoms. The molecule has 1 atom stereocenters. The van der Waals surface area contributed by atoms with E-state index in [9.17, 15) is 8.78 Å². The molecule has 0 spiro atoms. The highest BCUT2D eigenvalue weighted by Gasteiger charge is 2.20. The lowest BCUT2D eigenvalue weighted by atomic mass is 10.1. The van der Waals surface area contributed by atoms with Gasteiger partial charge in [-0.1, -0.05) is 6.07 Å². The van der Waals surface area contributed by atoms with Crippen molar-refractivity contribution >= 4 is 5.96 Å². The fourth-order valence-electron chi connectivity index (χ4n) is 1.42. The second kappa shape index (κ2) is 3.25. The van der Waals surface area contributed by atoms with Crippen molar-refractivity contribution in [3.05, 3.63) is 35.4 Å². The van der Waals surface area contributed by atoms with Crippen LogP contribution in [0.2, 0.25) is 0 Å². The standard InChI is InChI=1S/C9H9F2N3/c10-5-1-2-6(7(11)3-5)8-4-13-9(12)14-8/h1-3,8H,4H2,(H3,12,13,14). The van der Waals surface area contributed by atoms with Crippen LogP contribution in [0.25, 0.3) is 0 Å². The molecule has 0 saturated carbocycles. The summed E-state index contributed by atoms with van der Waals surface area (Å²) in [6, 6.07) is 3.19. The lowest BCUT2D eigenvalue weighted by molar-refractivity contribution is 0.552. The summed E-state index contributed by atoms with van der Waals surface area (Å²) >= 11 is 0. The molecule has 0 fully saturated rings. The minimum absolute atomic E-state index is 0.282. The van der Waals surface area contributed by atoms with Gasteiger partial charge in [0.1, 0.15) is 11.6 Å². The van der Waals surface area contributed by atoms with E-state index in [-0.39, 0.29) is 6.04 Å². The third kappa shape index (κ3) is 1.53. The first-order valence-electron chi connectivity index (χ1n) is 4.18. The van der Waals surface area contributed by atoms with Crippen molar-refractivity contribution < 1.29 is 8.78 Å². The molecule has 0 radical (unpaired) electrons. The fraction of sp³-hybridized carbons (Fsp3) is 0.222. The third-order valence-electron chi connectivity index (χ3n) is 2.10. The highest BCUT2D eigenvalue weighted by molar-refractivity contribution is 5.80. The van der Waals surface area contributed by atoms with Gasteiger partial charge in [0.25, 0.3) is 0 Å². The molecule has 1 unspecified atom stereocenters. The molecule has 1 aliphatic heterocycles. The van der Waals surface area contributed by atoms with Gasteiger partial charge in [0, 0.05) is 11.6 Å². The lowest BCUT2D eigenvalue weighted by Gasteiger charge is -2.11. The smallest absolute Gasteiger partial charge is 0.189 e. The second-order valence-electron chi connectivity index (χ2n) is 3.09. The van der Waals surface area contributed by atoms with Crippen molar-refractivity contribution in [2.75, 3.05) is 6.54 Å². The van der Waals surface area contributed by atoms with Crippen molar-refractivity contribution in [3.8, 4) is 0 Å². The molecule has 1 heterocycles. The number of hydrogen-bond donors (Lipinski definition) is 2. The first-order chi connectivity index (χ1) is 6.66. The summed E-state index contributed by atoms with van der Waals surface area (Å²) < 4.78 is 25.9. The molecule has 14 heavy (non-hydrogen) atoms. The van der Waals surface area contributed by atoms with E-state index >= 15 is 0 Å². The Kier molecular flexibility index (Phi) is 2.07. The Labute approximate surface area is 79.6 Å². The van der Waals surface area contributed by atoms with Crippen molar-refractivity contribution in [1.82, 2.24) is 5.32 Å². The number of rotatable bonds is 1. The number of nitrogens with zero attached hydrogens (tertiary/aromatic N) is 1. The molecule has 3 nitrogen and oxygen atoms in total. The summed E-state index contributed by atoms with van der Waals surface area (Å²) in [6.07, 6.45) is 0. The minimum Gasteiger partial charge on any atom is -0.370 e. The first kappa shape index (κ1) is 8.93. The third-order valence-corrected chi connectivity index (χ3v) is 2.10. The highest BCUT2D eigenvalue weighted by Crippen LogP contribution is 2.20. The van der Waals surface area contributed by atoms with E-state index in [4.69, 9.17) is 5.73 Å². The Morgan fingerprint density at radius 1 is 1.43 bits per heavy atom. The van der Waals surface area contributed by atoms with Crippen LogP contribution in [-0.2, 0) is 0 Å². The van der Waals surface area contributed by atoms with Gasteiger partial charge in [-0.15, -0.1) is 0 Å².